The van der Waals surface area contributed by atoms with Crippen LogP contribution in [0.2, 0.25) is 0 Å². The van der Waals surface area contributed by atoms with E-state index >= 15 is 0 Å². The first kappa shape index (κ1) is 6.99. The van der Waals surface area contributed by atoms with Crippen LogP contribution in [0.3, 0.4) is 0 Å². The van der Waals surface area contributed by atoms with Gasteiger partial charge in [-0.2, -0.15) is 0 Å². The summed E-state index contributed by atoms with van der Waals surface area (Å²) in [6.45, 7) is 4.53. The fourth-order valence-corrected chi connectivity index (χ4v) is 0.873. The first-order valence-electron chi connectivity index (χ1n) is 3.20. The van der Waals surface area contributed by atoms with E-state index in [2.05, 4.69) is 4.99 Å². The van der Waals surface area contributed by atoms with E-state index in [1.54, 1.807) is 4.90 Å². The lowest BCUT2D eigenvalue weighted by atomic mass is 10.3. The molecule has 3 nitrogen and oxygen atoms in total. The molecule has 1 heterocycles. The van der Waals surface area contributed by atoms with Crippen LogP contribution in [-0.4, -0.2) is 23.6 Å². The molecule has 0 saturated carbocycles. The van der Waals surface area contributed by atoms with Crippen LogP contribution < -0.4 is 0 Å². The van der Waals surface area contributed by atoms with Gasteiger partial charge in [0.05, 0.1) is 6.34 Å². The third-order valence-electron chi connectivity index (χ3n) is 1.50. The van der Waals surface area contributed by atoms with Gasteiger partial charge in [0.1, 0.15) is 6.67 Å². The van der Waals surface area contributed by atoms with Gasteiger partial charge in [-0.3, -0.25) is 10.4 Å². The fourth-order valence-electron chi connectivity index (χ4n) is 0.873. The van der Waals surface area contributed by atoms with Crippen molar-refractivity contribution in [3.63, 3.8) is 0 Å². The summed E-state index contributed by atoms with van der Waals surface area (Å²) in [5.74, 6) is 0. The summed E-state index contributed by atoms with van der Waals surface area (Å²) >= 11 is 0. The van der Waals surface area contributed by atoms with Crippen molar-refractivity contribution in [2.24, 2.45) is 4.99 Å². The molecule has 1 N–H and O–H groups in total. The maximum atomic E-state index is 6.98. The van der Waals surface area contributed by atoms with E-state index in [9.17, 15) is 0 Å². The second-order valence-electron chi connectivity index (χ2n) is 2.33. The van der Waals surface area contributed by atoms with Gasteiger partial charge in [0, 0.05) is 11.4 Å². The van der Waals surface area contributed by atoms with Crippen molar-refractivity contribution in [2.75, 3.05) is 6.67 Å². The van der Waals surface area contributed by atoms with Gasteiger partial charge in [-0.15, -0.1) is 0 Å². The normalized spacial score (nSPS) is 18.0. The van der Waals surface area contributed by atoms with Crippen LogP contribution in [0.4, 0.5) is 0 Å². The number of nitrogens with zero attached hydrogens (tertiary/aromatic N) is 2. The summed E-state index contributed by atoms with van der Waals surface area (Å²) < 4.78 is 0. The Balaban J connectivity index is 2.77. The molecule has 0 fully saturated rings. The van der Waals surface area contributed by atoms with Crippen LogP contribution in [0.5, 0.6) is 0 Å². The predicted octanol–water partition coefficient (Wildman–Crippen LogP) is 1.23. The molecule has 0 amide bonds. The molecule has 1 aliphatic heterocycles. The van der Waals surface area contributed by atoms with Crippen molar-refractivity contribution in [3.8, 4) is 0 Å². The molecular weight excluding hydrogens is 126 g/mol. The average Bonchev–Trinajstić information content (AvgIpc) is 1.88. The summed E-state index contributed by atoms with van der Waals surface area (Å²) in [6.07, 6.45) is 3.26. The van der Waals surface area contributed by atoms with Gasteiger partial charge >= 0.3 is 0 Å². The highest BCUT2D eigenvalue weighted by Gasteiger charge is 2.04. The lowest BCUT2D eigenvalue weighted by molar-refractivity contribution is 0.536. The molecule has 0 aromatic heterocycles. The zero-order chi connectivity index (χ0) is 7.56. The monoisotopic (exact) mass is 137 g/mol. The number of aliphatic imine (C=N–C) groups is 1. The Labute approximate surface area is 60.6 Å². The molecule has 0 unspecified atom stereocenters. The predicted molar refractivity (Wildman–Crippen MR) is 42.4 cm³/mol. The van der Waals surface area contributed by atoms with Crippen molar-refractivity contribution < 1.29 is 0 Å². The Morgan fingerprint density at radius 2 is 2.40 bits per heavy atom. The lowest BCUT2D eigenvalue weighted by Gasteiger charge is -2.20. The molecular formula is C7H11N3. The topological polar surface area (TPSA) is 39.5 Å². The van der Waals surface area contributed by atoms with E-state index < -0.39 is 0 Å². The second kappa shape index (κ2) is 2.64. The summed E-state index contributed by atoms with van der Waals surface area (Å²) in [4.78, 5) is 5.93. The molecule has 0 saturated heterocycles. The Bertz CT molecular complexity index is 203. The van der Waals surface area contributed by atoms with Gasteiger partial charge in [-0.05, 0) is 19.9 Å². The van der Waals surface area contributed by atoms with Crippen LogP contribution in [0, 0.1) is 5.41 Å². The number of hydrogen-bond acceptors (Lipinski definition) is 2. The van der Waals surface area contributed by atoms with Gasteiger partial charge in [-0.1, -0.05) is 0 Å². The van der Waals surface area contributed by atoms with E-state index in [-0.39, 0.29) is 0 Å². The van der Waals surface area contributed by atoms with Gasteiger partial charge in [0.2, 0.25) is 0 Å². The molecule has 0 aliphatic carbocycles. The SMILES string of the molecule is CC1=CC(C)=NCN1C=N. The summed E-state index contributed by atoms with van der Waals surface area (Å²) in [5, 5.41) is 6.98. The third kappa shape index (κ3) is 1.23. The molecule has 0 aromatic rings. The Hall–Kier alpha value is -1.12. The molecule has 10 heavy (non-hydrogen) atoms. The molecule has 0 atom stereocenters. The van der Waals surface area contributed by atoms with Gasteiger partial charge in [-0.25, -0.2) is 0 Å². The van der Waals surface area contributed by atoms with Crippen LogP contribution in [-0.2, 0) is 0 Å². The molecule has 0 bridgehead atoms. The first-order chi connectivity index (χ1) is 4.74. The van der Waals surface area contributed by atoms with Crippen molar-refractivity contribution in [3.05, 3.63) is 11.8 Å². The summed E-state index contributed by atoms with van der Waals surface area (Å²) in [5.41, 5.74) is 2.12. The first-order valence-corrected chi connectivity index (χ1v) is 3.20. The smallest absolute Gasteiger partial charge is 0.115 e. The van der Waals surface area contributed by atoms with Crippen molar-refractivity contribution >= 4 is 12.1 Å². The van der Waals surface area contributed by atoms with Crippen LogP contribution in [0.1, 0.15) is 13.8 Å². The largest absolute Gasteiger partial charge is 0.317 e. The van der Waals surface area contributed by atoms with Crippen LogP contribution in [0.15, 0.2) is 16.8 Å². The van der Waals surface area contributed by atoms with Crippen LogP contribution in [0.25, 0.3) is 0 Å². The molecule has 54 valence electrons. The molecule has 1 aliphatic rings. The van der Waals surface area contributed by atoms with Crippen LogP contribution >= 0.6 is 0 Å². The van der Waals surface area contributed by atoms with Crippen molar-refractivity contribution in [1.29, 1.82) is 5.41 Å². The molecule has 1 rings (SSSR count). The van der Waals surface area contributed by atoms with E-state index in [1.165, 1.54) is 6.34 Å². The Morgan fingerprint density at radius 1 is 1.70 bits per heavy atom. The zero-order valence-corrected chi connectivity index (χ0v) is 6.26. The highest BCUT2D eigenvalue weighted by Crippen LogP contribution is 2.05. The van der Waals surface area contributed by atoms with Crippen molar-refractivity contribution in [1.82, 2.24) is 4.90 Å². The number of allylic oxidation sites excluding steroid dienone is 2. The maximum absolute atomic E-state index is 6.98. The molecule has 0 spiro atoms. The highest BCUT2D eigenvalue weighted by molar-refractivity contribution is 5.94. The Morgan fingerprint density at radius 3 is 2.90 bits per heavy atom. The minimum atomic E-state index is 0.595. The van der Waals surface area contributed by atoms with Crippen molar-refractivity contribution in [2.45, 2.75) is 13.8 Å². The average molecular weight is 137 g/mol. The zero-order valence-electron chi connectivity index (χ0n) is 6.26. The third-order valence-corrected chi connectivity index (χ3v) is 1.50. The molecule has 0 aromatic carbocycles. The second-order valence-corrected chi connectivity index (χ2v) is 2.33. The van der Waals surface area contributed by atoms with Gasteiger partial charge in [0.15, 0.2) is 0 Å². The van der Waals surface area contributed by atoms with E-state index in [0.717, 1.165) is 11.4 Å². The molecule has 0 radical (unpaired) electrons. The number of hydrogen-bond donors (Lipinski definition) is 1. The highest BCUT2D eigenvalue weighted by atomic mass is 15.2. The number of rotatable bonds is 1. The minimum absolute atomic E-state index is 0.595. The quantitative estimate of drug-likeness (QED) is 0.428. The molecule has 3 heteroatoms. The van der Waals surface area contributed by atoms with E-state index in [4.69, 9.17) is 5.41 Å². The standard InChI is InChI=1S/C7H11N3/c1-6-3-7(2)10(4-8)5-9-6/h3-4,8H,5H2,1-2H3. The minimum Gasteiger partial charge on any atom is -0.317 e. The fraction of sp³-hybridized carbons (Fsp3) is 0.429. The van der Waals surface area contributed by atoms with E-state index in [1.807, 2.05) is 19.9 Å². The summed E-state index contributed by atoms with van der Waals surface area (Å²) in [6, 6.07) is 0. The Kier molecular flexibility index (Phi) is 1.85. The lowest BCUT2D eigenvalue weighted by Crippen LogP contribution is -2.23. The number of nitrogens with one attached hydrogen (secondary N) is 1. The van der Waals surface area contributed by atoms with Gasteiger partial charge in [0.25, 0.3) is 0 Å². The summed E-state index contributed by atoms with van der Waals surface area (Å²) in [7, 11) is 0. The van der Waals surface area contributed by atoms with E-state index in [0.29, 0.717) is 6.67 Å². The maximum Gasteiger partial charge on any atom is 0.115 e. The van der Waals surface area contributed by atoms with Gasteiger partial charge < -0.3 is 4.90 Å².